The van der Waals surface area contributed by atoms with Gasteiger partial charge in [-0.25, -0.2) is 0 Å². The molecule has 8 N–H and O–H groups in total. The van der Waals surface area contributed by atoms with Crippen molar-refractivity contribution in [2.24, 2.45) is 17.4 Å². The lowest BCUT2D eigenvalue weighted by atomic mass is 9.99. The Bertz CT molecular complexity index is 1150. The maximum atomic E-state index is 13.7. The van der Waals surface area contributed by atoms with Crippen LogP contribution in [0.3, 0.4) is 0 Å². The van der Waals surface area contributed by atoms with Crippen molar-refractivity contribution in [2.45, 2.75) is 76.5 Å². The standard InChI is InChI=1S/C33H50N6O5/c1-23(2)20-28(32(42)37-27(16-10-11-17-34)31(41)36-18-19-44-3)39-33(43)29(22-25-14-8-5-9-15-25)38-30(40)26(35)21-24-12-6-4-7-13-24/h4-9,12-15,23,26-29H,10-11,16-22,34-35H2,1-3H3,(H,36,41)(H,37,42)(H,38,40)(H,39,43)/t26-,27-,28-,29-/m1/s1. The van der Waals surface area contributed by atoms with Crippen molar-refractivity contribution in [3.05, 3.63) is 71.8 Å². The summed E-state index contributed by atoms with van der Waals surface area (Å²) in [5.41, 5.74) is 13.6. The van der Waals surface area contributed by atoms with Gasteiger partial charge in [0.2, 0.25) is 23.6 Å². The average molecular weight is 611 g/mol. The predicted molar refractivity (Wildman–Crippen MR) is 171 cm³/mol. The number of carbonyl (C=O) groups is 4. The van der Waals surface area contributed by atoms with Gasteiger partial charge in [-0.2, -0.15) is 0 Å². The fraction of sp³-hybridized carbons (Fsp3) is 0.515. The number of nitrogens with two attached hydrogens (primary N) is 2. The Labute approximate surface area is 261 Å². The number of hydrogen-bond acceptors (Lipinski definition) is 7. The van der Waals surface area contributed by atoms with E-state index in [1.54, 1.807) is 0 Å². The molecule has 0 radical (unpaired) electrons. The fourth-order valence-corrected chi connectivity index (χ4v) is 4.71. The van der Waals surface area contributed by atoms with Gasteiger partial charge in [0.05, 0.1) is 12.6 Å². The minimum absolute atomic E-state index is 0.0544. The summed E-state index contributed by atoms with van der Waals surface area (Å²) in [7, 11) is 1.54. The van der Waals surface area contributed by atoms with E-state index in [-0.39, 0.29) is 18.2 Å². The van der Waals surface area contributed by atoms with Crippen molar-refractivity contribution in [1.82, 2.24) is 21.3 Å². The van der Waals surface area contributed by atoms with Gasteiger partial charge in [-0.1, -0.05) is 74.5 Å². The van der Waals surface area contributed by atoms with Gasteiger partial charge in [-0.3, -0.25) is 19.2 Å². The molecule has 242 valence electrons. The Morgan fingerprint density at radius 2 is 1.27 bits per heavy atom. The van der Waals surface area contributed by atoms with Gasteiger partial charge < -0.3 is 37.5 Å². The Hall–Kier alpha value is -3.80. The highest BCUT2D eigenvalue weighted by molar-refractivity contribution is 5.95. The third-order valence-corrected chi connectivity index (χ3v) is 7.08. The van der Waals surface area contributed by atoms with Gasteiger partial charge in [-0.15, -0.1) is 0 Å². The summed E-state index contributed by atoms with van der Waals surface area (Å²) >= 11 is 0. The molecule has 0 aliphatic heterocycles. The van der Waals surface area contributed by atoms with Crippen LogP contribution in [0.25, 0.3) is 0 Å². The summed E-state index contributed by atoms with van der Waals surface area (Å²) in [5, 5.41) is 11.3. The highest BCUT2D eigenvalue weighted by Crippen LogP contribution is 2.10. The third kappa shape index (κ3) is 13.7. The summed E-state index contributed by atoms with van der Waals surface area (Å²) < 4.78 is 5.01. The zero-order valence-electron chi connectivity index (χ0n) is 26.2. The minimum atomic E-state index is -0.980. The monoisotopic (exact) mass is 610 g/mol. The van der Waals surface area contributed by atoms with Crippen LogP contribution >= 0.6 is 0 Å². The van der Waals surface area contributed by atoms with Crippen molar-refractivity contribution in [3.8, 4) is 0 Å². The molecule has 0 unspecified atom stereocenters. The van der Waals surface area contributed by atoms with Crippen molar-refractivity contribution in [1.29, 1.82) is 0 Å². The number of carbonyl (C=O) groups excluding carboxylic acids is 4. The molecule has 4 atom stereocenters. The van der Waals surface area contributed by atoms with Crippen LogP contribution in [0.1, 0.15) is 50.7 Å². The van der Waals surface area contributed by atoms with E-state index >= 15 is 0 Å². The van der Waals surface area contributed by atoms with E-state index in [0.717, 1.165) is 11.1 Å². The molecule has 4 amide bonds. The lowest BCUT2D eigenvalue weighted by Crippen LogP contribution is -2.58. The van der Waals surface area contributed by atoms with Crippen LogP contribution < -0.4 is 32.7 Å². The van der Waals surface area contributed by atoms with E-state index < -0.39 is 41.9 Å². The molecule has 2 aromatic carbocycles. The maximum absolute atomic E-state index is 13.7. The van der Waals surface area contributed by atoms with Crippen LogP contribution in [-0.2, 0) is 36.8 Å². The quantitative estimate of drug-likeness (QED) is 0.122. The molecular weight excluding hydrogens is 560 g/mol. The van der Waals surface area contributed by atoms with Crippen molar-refractivity contribution in [2.75, 3.05) is 26.8 Å². The lowest BCUT2D eigenvalue weighted by Gasteiger charge is -2.27. The Morgan fingerprint density at radius 3 is 1.84 bits per heavy atom. The topological polar surface area (TPSA) is 178 Å². The molecule has 2 aromatic rings. The van der Waals surface area contributed by atoms with Gasteiger partial charge in [0.25, 0.3) is 0 Å². The zero-order valence-corrected chi connectivity index (χ0v) is 26.2. The number of unbranched alkanes of at least 4 members (excludes halogenated alkanes) is 1. The van der Waals surface area contributed by atoms with Crippen LogP contribution in [0, 0.1) is 5.92 Å². The molecule has 0 aromatic heterocycles. The van der Waals surface area contributed by atoms with E-state index in [1.165, 1.54) is 7.11 Å². The SMILES string of the molecule is COCCNC(=O)[C@@H](CCCCN)NC(=O)[C@@H](CC(C)C)NC(=O)[C@@H](Cc1ccccc1)NC(=O)[C@H](N)Cc1ccccc1. The number of amides is 4. The third-order valence-electron chi connectivity index (χ3n) is 7.08. The summed E-state index contributed by atoms with van der Waals surface area (Å²) in [5.74, 6) is -1.73. The largest absolute Gasteiger partial charge is 0.383 e. The van der Waals surface area contributed by atoms with Gasteiger partial charge in [0, 0.05) is 20.1 Å². The number of ether oxygens (including phenoxy) is 1. The Morgan fingerprint density at radius 1 is 0.727 bits per heavy atom. The van der Waals surface area contributed by atoms with Crippen LogP contribution in [-0.4, -0.2) is 74.6 Å². The fourth-order valence-electron chi connectivity index (χ4n) is 4.71. The second-order valence-corrected chi connectivity index (χ2v) is 11.4. The molecular formula is C33H50N6O5. The molecule has 0 saturated heterocycles. The summed E-state index contributed by atoms with van der Waals surface area (Å²) in [6.07, 6.45) is 2.60. The predicted octanol–water partition coefficient (Wildman–Crippen LogP) is 1.19. The van der Waals surface area contributed by atoms with E-state index in [0.29, 0.717) is 51.8 Å². The highest BCUT2D eigenvalue weighted by Gasteiger charge is 2.31. The minimum Gasteiger partial charge on any atom is -0.383 e. The summed E-state index contributed by atoms with van der Waals surface area (Å²) in [6, 6.07) is 15.1. The number of methoxy groups -OCH3 is 1. The number of rotatable bonds is 20. The van der Waals surface area contributed by atoms with E-state index in [1.807, 2.05) is 74.5 Å². The van der Waals surface area contributed by atoms with Crippen LogP contribution in [0.15, 0.2) is 60.7 Å². The van der Waals surface area contributed by atoms with Crippen LogP contribution in [0.4, 0.5) is 0 Å². The number of nitrogens with one attached hydrogen (secondary N) is 4. The first kappa shape index (κ1) is 36.4. The van der Waals surface area contributed by atoms with Crippen LogP contribution in [0.5, 0.6) is 0 Å². The maximum Gasteiger partial charge on any atom is 0.243 e. The van der Waals surface area contributed by atoms with E-state index in [4.69, 9.17) is 16.2 Å². The lowest BCUT2D eigenvalue weighted by molar-refractivity contribution is -0.134. The molecule has 11 heteroatoms. The molecule has 0 bridgehead atoms. The van der Waals surface area contributed by atoms with Crippen molar-refractivity contribution in [3.63, 3.8) is 0 Å². The summed E-state index contributed by atoms with van der Waals surface area (Å²) in [6.45, 7) is 4.99. The first-order chi connectivity index (χ1) is 21.1. The van der Waals surface area contributed by atoms with Crippen LogP contribution in [0.2, 0.25) is 0 Å². The summed E-state index contributed by atoms with van der Waals surface area (Å²) in [4.78, 5) is 53.3. The molecule has 11 nitrogen and oxygen atoms in total. The molecule has 0 fully saturated rings. The van der Waals surface area contributed by atoms with E-state index in [2.05, 4.69) is 21.3 Å². The average Bonchev–Trinajstić information content (AvgIpc) is 3.00. The molecule has 44 heavy (non-hydrogen) atoms. The van der Waals surface area contributed by atoms with Gasteiger partial charge in [0.15, 0.2) is 0 Å². The molecule has 2 rings (SSSR count). The Balaban J connectivity index is 2.20. The smallest absolute Gasteiger partial charge is 0.243 e. The van der Waals surface area contributed by atoms with Gasteiger partial charge in [-0.05, 0) is 55.7 Å². The second-order valence-electron chi connectivity index (χ2n) is 11.4. The van der Waals surface area contributed by atoms with Crippen molar-refractivity contribution >= 4 is 23.6 Å². The van der Waals surface area contributed by atoms with Crippen molar-refractivity contribution < 1.29 is 23.9 Å². The highest BCUT2D eigenvalue weighted by atomic mass is 16.5. The molecule has 0 heterocycles. The first-order valence-electron chi connectivity index (χ1n) is 15.4. The molecule has 0 aliphatic carbocycles. The zero-order chi connectivity index (χ0) is 32.3. The van der Waals surface area contributed by atoms with Gasteiger partial charge in [0.1, 0.15) is 18.1 Å². The molecule has 0 aliphatic rings. The normalized spacial score (nSPS) is 13.8. The van der Waals surface area contributed by atoms with Gasteiger partial charge >= 0.3 is 0 Å². The Kier molecular flexibility index (Phi) is 16.7. The first-order valence-corrected chi connectivity index (χ1v) is 15.4. The molecule has 0 saturated carbocycles. The second kappa shape index (κ2) is 20.2. The number of hydrogen-bond donors (Lipinski definition) is 6. The van der Waals surface area contributed by atoms with E-state index in [9.17, 15) is 19.2 Å². The molecule has 0 spiro atoms. The number of benzene rings is 2.